The number of carbonyl (C=O) groups is 1. The highest BCUT2D eigenvalue weighted by molar-refractivity contribution is 5.80. The summed E-state index contributed by atoms with van der Waals surface area (Å²) in [5.74, 6) is -0.540. The summed E-state index contributed by atoms with van der Waals surface area (Å²) in [4.78, 5) is 22.2. The third-order valence-electron chi connectivity index (χ3n) is 4.69. The highest BCUT2D eigenvalue weighted by atomic mass is 19.1. The number of aliphatic hydroxyl groups is 1. The van der Waals surface area contributed by atoms with Gasteiger partial charge in [-0.3, -0.25) is 15.1 Å². The summed E-state index contributed by atoms with van der Waals surface area (Å²) in [5.41, 5.74) is 3.54. The summed E-state index contributed by atoms with van der Waals surface area (Å²) < 4.78 is 13.1. The number of aromatic nitrogens is 2. The Bertz CT molecular complexity index is 781. The van der Waals surface area contributed by atoms with E-state index in [1.165, 1.54) is 12.3 Å². The molecule has 2 aliphatic heterocycles. The maximum Gasteiger partial charge on any atom is 0.237 e. The standard InChI is InChI=1S/C17H17FN4O2/c18-14-2-1-10(8-20-14)17-12-4-6-22-13(11(12)3-5-19-17)7-15(23)21-9-16(22)24/h1-3,5,8,13,15,21,23H,4,6-7,9H2. The molecule has 2 aromatic heterocycles. The molecule has 7 heteroatoms. The fraction of sp³-hybridized carbons (Fsp3) is 0.353. The van der Waals surface area contributed by atoms with E-state index in [0.717, 1.165) is 22.4 Å². The number of rotatable bonds is 1. The fourth-order valence-electron chi connectivity index (χ4n) is 3.56. The number of nitrogens with one attached hydrogen (secondary N) is 1. The zero-order valence-electron chi connectivity index (χ0n) is 12.9. The molecule has 2 aromatic rings. The van der Waals surface area contributed by atoms with Crippen LogP contribution in [0.2, 0.25) is 0 Å². The molecule has 1 saturated heterocycles. The Labute approximate surface area is 138 Å². The molecule has 1 amide bonds. The minimum Gasteiger partial charge on any atom is -0.379 e. The number of halogens is 1. The number of aliphatic hydroxyl groups excluding tert-OH is 1. The monoisotopic (exact) mass is 328 g/mol. The van der Waals surface area contributed by atoms with E-state index in [0.29, 0.717) is 19.4 Å². The molecule has 2 N–H and O–H groups in total. The molecule has 24 heavy (non-hydrogen) atoms. The van der Waals surface area contributed by atoms with Gasteiger partial charge in [-0.15, -0.1) is 0 Å². The Morgan fingerprint density at radius 2 is 2.17 bits per heavy atom. The zero-order chi connectivity index (χ0) is 16.7. The van der Waals surface area contributed by atoms with Gasteiger partial charge in [0.05, 0.1) is 18.3 Å². The topological polar surface area (TPSA) is 78.3 Å². The molecule has 0 bridgehead atoms. The summed E-state index contributed by atoms with van der Waals surface area (Å²) >= 11 is 0. The van der Waals surface area contributed by atoms with Gasteiger partial charge in [0.2, 0.25) is 11.9 Å². The second-order valence-corrected chi connectivity index (χ2v) is 6.08. The van der Waals surface area contributed by atoms with Crippen molar-refractivity contribution in [2.45, 2.75) is 25.1 Å². The molecule has 1 fully saturated rings. The van der Waals surface area contributed by atoms with Crippen LogP contribution in [0.1, 0.15) is 23.6 Å². The Morgan fingerprint density at radius 3 is 2.96 bits per heavy atom. The summed E-state index contributed by atoms with van der Waals surface area (Å²) in [7, 11) is 0. The third-order valence-corrected chi connectivity index (χ3v) is 4.69. The maximum atomic E-state index is 13.1. The second-order valence-electron chi connectivity index (χ2n) is 6.08. The largest absolute Gasteiger partial charge is 0.379 e. The van der Waals surface area contributed by atoms with Gasteiger partial charge in [-0.2, -0.15) is 4.39 Å². The van der Waals surface area contributed by atoms with Gasteiger partial charge in [0.25, 0.3) is 0 Å². The minimum atomic E-state index is -0.723. The number of nitrogens with zero attached hydrogens (tertiary/aromatic N) is 3. The van der Waals surface area contributed by atoms with E-state index >= 15 is 0 Å². The van der Waals surface area contributed by atoms with Crippen LogP contribution in [-0.4, -0.2) is 45.2 Å². The van der Waals surface area contributed by atoms with Gasteiger partial charge < -0.3 is 10.0 Å². The van der Waals surface area contributed by atoms with Gasteiger partial charge in [-0.25, -0.2) is 4.98 Å². The molecule has 124 valence electrons. The van der Waals surface area contributed by atoms with E-state index in [1.807, 2.05) is 11.0 Å². The summed E-state index contributed by atoms with van der Waals surface area (Å²) in [6.07, 6.45) is 3.55. The van der Waals surface area contributed by atoms with Crippen LogP contribution in [0.15, 0.2) is 30.6 Å². The third kappa shape index (κ3) is 2.55. The molecule has 4 rings (SSSR count). The molecule has 0 saturated carbocycles. The first-order valence-electron chi connectivity index (χ1n) is 7.94. The van der Waals surface area contributed by atoms with Crippen molar-refractivity contribution in [1.82, 2.24) is 20.2 Å². The van der Waals surface area contributed by atoms with Crippen molar-refractivity contribution < 1.29 is 14.3 Å². The average Bonchev–Trinajstić information content (AvgIpc) is 2.74. The SMILES string of the molecule is O=C1CNC(O)CC2c3ccnc(-c4ccc(F)nc4)c3CCN12. The molecule has 2 atom stereocenters. The highest BCUT2D eigenvalue weighted by Gasteiger charge is 2.35. The van der Waals surface area contributed by atoms with E-state index in [4.69, 9.17) is 0 Å². The van der Waals surface area contributed by atoms with Gasteiger partial charge in [0.1, 0.15) is 6.23 Å². The molecule has 6 nitrogen and oxygen atoms in total. The maximum absolute atomic E-state index is 13.1. The van der Waals surface area contributed by atoms with Crippen molar-refractivity contribution in [3.63, 3.8) is 0 Å². The quantitative estimate of drug-likeness (QED) is 0.764. The van der Waals surface area contributed by atoms with E-state index in [-0.39, 0.29) is 18.5 Å². The van der Waals surface area contributed by atoms with Crippen molar-refractivity contribution >= 4 is 5.91 Å². The van der Waals surface area contributed by atoms with E-state index in [1.54, 1.807) is 12.3 Å². The van der Waals surface area contributed by atoms with Crippen molar-refractivity contribution in [2.24, 2.45) is 0 Å². The van der Waals surface area contributed by atoms with Crippen LogP contribution in [0.4, 0.5) is 4.39 Å². The van der Waals surface area contributed by atoms with Gasteiger partial charge in [0, 0.05) is 30.9 Å². The lowest BCUT2D eigenvalue weighted by Gasteiger charge is -2.36. The Morgan fingerprint density at radius 1 is 1.29 bits per heavy atom. The van der Waals surface area contributed by atoms with E-state index in [9.17, 15) is 14.3 Å². The Hall–Kier alpha value is -2.38. The molecular weight excluding hydrogens is 311 g/mol. The molecule has 4 heterocycles. The van der Waals surface area contributed by atoms with Crippen LogP contribution in [-0.2, 0) is 11.2 Å². The van der Waals surface area contributed by atoms with Crippen LogP contribution in [0.25, 0.3) is 11.3 Å². The number of pyridine rings is 2. The fourth-order valence-corrected chi connectivity index (χ4v) is 3.56. The number of amides is 1. The summed E-state index contributed by atoms with van der Waals surface area (Å²) in [6.45, 7) is 0.727. The van der Waals surface area contributed by atoms with Crippen LogP contribution < -0.4 is 5.32 Å². The number of fused-ring (bicyclic) bond motifs is 3. The molecule has 0 radical (unpaired) electrons. The summed E-state index contributed by atoms with van der Waals surface area (Å²) in [6, 6.07) is 4.69. The molecule has 2 unspecified atom stereocenters. The normalized spacial score (nSPS) is 23.4. The van der Waals surface area contributed by atoms with Crippen LogP contribution in [0.5, 0.6) is 0 Å². The first kappa shape index (κ1) is 15.2. The van der Waals surface area contributed by atoms with E-state index < -0.39 is 12.2 Å². The van der Waals surface area contributed by atoms with Crippen molar-refractivity contribution in [3.8, 4) is 11.3 Å². The van der Waals surface area contributed by atoms with Crippen molar-refractivity contribution in [3.05, 3.63) is 47.7 Å². The number of carbonyl (C=O) groups excluding carboxylic acids is 1. The lowest BCUT2D eigenvalue weighted by atomic mass is 9.88. The predicted molar refractivity (Wildman–Crippen MR) is 84.2 cm³/mol. The zero-order valence-corrected chi connectivity index (χ0v) is 12.9. The lowest BCUT2D eigenvalue weighted by Crippen LogP contribution is -2.41. The predicted octanol–water partition coefficient (Wildman–Crippen LogP) is 1.02. The average molecular weight is 328 g/mol. The molecule has 0 aliphatic carbocycles. The van der Waals surface area contributed by atoms with Crippen molar-refractivity contribution in [1.29, 1.82) is 0 Å². The van der Waals surface area contributed by atoms with E-state index in [2.05, 4.69) is 15.3 Å². The Kier molecular flexibility index (Phi) is 3.74. The van der Waals surface area contributed by atoms with Crippen LogP contribution >= 0.6 is 0 Å². The first-order valence-corrected chi connectivity index (χ1v) is 7.94. The van der Waals surface area contributed by atoms with Gasteiger partial charge >= 0.3 is 0 Å². The molecule has 0 aromatic carbocycles. The molecule has 2 aliphatic rings. The molecule has 0 spiro atoms. The number of hydrogen-bond acceptors (Lipinski definition) is 5. The smallest absolute Gasteiger partial charge is 0.237 e. The lowest BCUT2D eigenvalue weighted by molar-refractivity contribution is -0.132. The second kappa shape index (κ2) is 5.92. The van der Waals surface area contributed by atoms with Gasteiger partial charge in [-0.05, 0) is 35.7 Å². The van der Waals surface area contributed by atoms with Crippen molar-refractivity contribution in [2.75, 3.05) is 13.1 Å². The summed E-state index contributed by atoms with van der Waals surface area (Å²) in [5, 5.41) is 12.9. The molecular formula is C17H17FN4O2. The number of hydrogen-bond donors (Lipinski definition) is 2. The first-order chi connectivity index (χ1) is 11.6. The minimum absolute atomic E-state index is 0.0102. The Balaban J connectivity index is 1.79. The van der Waals surface area contributed by atoms with Crippen LogP contribution in [0.3, 0.4) is 0 Å². The van der Waals surface area contributed by atoms with Gasteiger partial charge in [-0.1, -0.05) is 0 Å². The highest BCUT2D eigenvalue weighted by Crippen LogP contribution is 2.37. The van der Waals surface area contributed by atoms with Gasteiger partial charge in [0.15, 0.2) is 0 Å². The van der Waals surface area contributed by atoms with Crippen LogP contribution in [0, 0.1) is 5.95 Å².